The topological polar surface area (TPSA) is 105 Å². The van der Waals surface area contributed by atoms with Crippen molar-refractivity contribution in [1.29, 1.82) is 0 Å². The molecule has 1 amide bonds. The number of pyridine rings is 1. The lowest BCUT2D eigenvalue weighted by Gasteiger charge is -2.33. The van der Waals surface area contributed by atoms with Gasteiger partial charge in [0.2, 0.25) is 5.89 Å². The van der Waals surface area contributed by atoms with E-state index in [0.717, 1.165) is 41.0 Å². The number of hydrogen-bond donors (Lipinski definition) is 1. The molecule has 146 valence electrons. The standard InChI is InChI=1S/C20H19N7O2/c1-11-14-4-2-3-8-27(14)25-15(11)17-16-13(21-10-22-16)7-9-26(17)20(28)19-24-23-18(29-19)12-5-6-12/h2-4,8,10,12,17H,5-7,9H2,1H3,(H,21,22). The predicted molar refractivity (Wildman–Crippen MR) is 101 cm³/mol. The number of nitrogens with one attached hydrogen (secondary N) is 1. The third-order valence-electron chi connectivity index (χ3n) is 5.82. The van der Waals surface area contributed by atoms with E-state index in [0.29, 0.717) is 24.8 Å². The summed E-state index contributed by atoms with van der Waals surface area (Å²) in [5.41, 5.74) is 4.68. The van der Waals surface area contributed by atoms with E-state index in [2.05, 4.69) is 20.2 Å². The second-order valence-electron chi connectivity index (χ2n) is 7.68. The predicted octanol–water partition coefficient (Wildman–Crippen LogP) is 2.41. The molecule has 6 rings (SSSR count). The minimum absolute atomic E-state index is 0.0392. The monoisotopic (exact) mass is 389 g/mol. The highest BCUT2D eigenvalue weighted by Gasteiger charge is 2.39. The van der Waals surface area contributed by atoms with Gasteiger partial charge in [-0.15, -0.1) is 10.2 Å². The summed E-state index contributed by atoms with van der Waals surface area (Å²) in [5.74, 6) is 0.628. The fourth-order valence-corrected chi connectivity index (χ4v) is 4.11. The Morgan fingerprint density at radius 2 is 2.14 bits per heavy atom. The first-order valence-electron chi connectivity index (χ1n) is 9.81. The molecule has 9 heteroatoms. The van der Waals surface area contributed by atoms with Crippen LogP contribution in [-0.4, -0.2) is 47.1 Å². The van der Waals surface area contributed by atoms with Crippen molar-refractivity contribution in [3.05, 3.63) is 65.1 Å². The van der Waals surface area contributed by atoms with Gasteiger partial charge in [-0.3, -0.25) is 4.79 Å². The van der Waals surface area contributed by atoms with E-state index in [-0.39, 0.29) is 11.8 Å². The van der Waals surface area contributed by atoms with Crippen molar-refractivity contribution in [2.45, 2.75) is 38.1 Å². The number of nitrogens with zero attached hydrogens (tertiary/aromatic N) is 6. The van der Waals surface area contributed by atoms with Crippen LogP contribution in [0.5, 0.6) is 0 Å². The van der Waals surface area contributed by atoms with E-state index in [1.807, 2.05) is 35.8 Å². The first-order chi connectivity index (χ1) is 14.2. The van der Waals surface area contributed by atoms with E-state index < -0.39 is 6.04 Å². The summed E-state index contributed by atoms with van der Waals surface area (Å²) in [7, 11) is 0. The number of rotatable bonds is 3. The van der Waals surface area contributed by atoms with Crippen molar-refractivity contribution in [1.82, 2.24) is 34.7 Å². The van der Waals surface area contributed by atoms with Gasteiger partial charge >= 0.3 is 11.8 Å². The molecule has 1 fully saturated rings. The van der Waals surface area contributed by atoms with E-state index in [4.69, 9.17) is 9.52 Å². The quantitative estimate of drug-likeness (QED) is 0.577. The van der Waals surface area contributed by atoms with Gasteiger partial charge in [-0.1, -0.05) is 6.07 Å². The lowest BCUT2D eigenvalue weighted by Crippen LogP contribution is -2.41. The van der Waals surface area contributed by atoms with Crippen LogP contribution >= 0.6 is 0 Å². The molecule has 0 bridgehead atoms. The Labute approximate surface area is 165 Å². The largest absolute Gasteiger partial charge is 0.417 e. The average Bonchev–Trinajstić information content (AvgIpc) is 3.16. The van der Waals surface area contributed by atoms with Crippen molar-refractivity contribution < 1.29 is 9.21 Å². The zero-order valence-corrected chi connectivity index (χ0v) is 15.9. The first-order valence-corrected chi connectivity index (χ1v) is 9.81. The van der Waals surface area contributed by atoms with Crippen molar-refractivity contribution in [2.75, 3.05) is 6.54 Å². The van der Waals surface area contributed by atoms with Gasteiger partial charge in [0.25, 0.3) is 0 Å². The fourth-order valence-electron chi connectivity index (χ4n) is 4.11. The van der Waals surface area contributed by atoms with E-state index >= 15 is 0 Å². The van der Waals surface area contributed by atoms with Gasteiger partial charge in [-0.05, 0) is 31.9 Å². The summed E-state index contributed by atoms with van der Waals surface area (Å²) in [6, 6.07) is 5.53. The molecule has 0 spiro atoms. The third kappa shape index (κ3) is 2.50. The second kappa shape index (κ2) is 6.00. The number of imidazole rings is 1. The molecule has 0 aromatic carbocycles. The molecule has 1 aliphatic carbocycles. The summed E-state index contributed by atoms with van der Waals surface area (Å²) < 4.78 is 7.54. The maximum absolute atomic E-state index is 13.4. The van der Waals surface area contributed by atoms with Crippen LogP contribution in [0, 0.1) is 6.92 Å². The lowest BCUT2D eigenvalue weighted by atomic mass is 9.97. The first kappa shape index (κ1) is 16.5. The zero-order valence-electron chi connectivity index (χ0n) is 15.9. The van der Waals surface area contributed by atoms with Gasteiger partial charge in [-0.2, -0.15) is 5.10 Å². The van der Waals surface area contributed by atoms with Gasteiger partial charge in [0, 0.05) is 36.3 Å². The minimum atomic E-state index is -0.409. The number of carbonyl (C=O) groups excluding carboxylic acids is 1. The molecular weight excluding hydrogens is 370 g/mol. The molecule has 1 atom stereocenters. The van der Waals surface area contributed by atoms with Gasteiger partial charge in [0.05, 0.1) is 23.2 Å². The van der Waals surface area contributed by atoms with E-state index in [9.17, 15) is 4.79 Å². The Morgan fingerprint density at radius 3 is 2.97 bits per heavy atom. The smallest absolute Gasteiger partial charge is 0.312 e. The number of aromatic nitrogens is 6. The van der Waals surface area contributed by atoms with Crippen LogP contribution in [-0.2, 0) is 6.42 Å². The lowest BCUT2D eigenvalue weighted by molar-refractivity contribution is 0.0643. The summed E-state index contributed by atoms with van der Waals surface area (Å²) >= 11 is 0. The van der Waals surface area contributed by atoms with Crippen LogP contribution in [0.15, 0.2) is 35.1 Å². The van der Waals surface area contributed by atoms with Crippen LogP contribution in [0.2, 0.25) is 0 Å². The Morgan fingerprint density at radius 1 is 1.24 bits per heavy atom. The summed E-state index contributed by atoms with van der Waals surface area (Å²) in [4.78, 5) is 22.8. The van der Waals surface area contributed by atoms with Crippen molar-refractivity contribution in [3.63, 3.8) is 0 Å². The molecule has 1 aliphatic heterocycles. The van der Waals surface area contributed by atoms with Gasteiger partial charge in [-0.25, -0.2) is 9.50 Å². The Hall–Kier alpha value is -3.49. The highest BCUT2D eigenvalue weighted by molar-refractivity contribution is 5.90. The van der Waals surface area contributed by atoms with Gasteiger partial charge in [0.1, 0.15) is 6.04 Å². The number of carbonyl (C=O) groups is 1. The Bertz CT molecular complexity index is 1230. The molecule has 1 unspecified atom stereocenters. The molecule has 4 aromatic heterocycles. The number of H-pyrrole nitrogens is 1. The van der Waals surface area contributed by atoms with Crippen LogP contribution in [0.4, 0.5) is 0 Å². The van der Waals surface area contributed by atoms with E-state index in [1.165, 1.54) is 0 Å². The van der Waals surface area contributed by atoms with Crippen LogP contribution in [0.25, 0.3) is 5.52 Å². The molecule has 4 aromatic rings. The fraction of sp³-hybridized carbons (Fsp3) is 0.350. The number of hydrogen-bond acceptors (Lipinski definition) is 6. The average molecular weight is 389 g/mol. The van der Waals surface area contributed by atoms with E-state index in [1.54, 1.807) is 11.2 Å². The summed E-state index contributed by atoms with van der Waals surface area (Å²) in [6.45, 7) is 2.55. The van der Waals surface area contributed by atoms with Crippen molar-refractivity contribution in [3.8, 4) is 0 Å². The number of aryl methyl sites for hydroxylation is 1. The molecule has 29 heavy (non-hydrogen) atoms. The molecule has 0 saturated heterocycles. The normalized spacial score (nSPS) is 18.9. The molecule has 9 nitrogen and oxygen atoms in total. The SMILES string of the molecule is Cc1c(C2c3nc[nH]c3CCN2C(=O)c2nnc(C3CC3)o2)nn2ccccc12. The summed E-state index contributed by atoms with van der Waals surface area (Å²) in [5, 5.41) is 12.9. The number of fused-ring (bicyclic) bond motifs is 2. The third-order valence-corrected chi connectivity index (χ3v) is 5.82. The Kier molecular flexibility index (Phi) is 3.41. The molecule has 5 heterocycles. The van der Waals surface area contributed by atoms with Crippen LogP contribution in [0.1, 0.15) is 64.0 Å². The van der Waals surface area contributed by atoms with Gasteiger partial charge < -0.3 is 14.3 Å². The van der Waals surface area contributed by atoms with Crippen molar-refractivity contribution >= 4 is 11.4 Å². The molecule has 1 N–H and O–H groups in total. The highest BCUT2D eigenvalue weighted by Crippen LogP contribution is 2.40. The van der Waals surface area contributed by atoms with Crippen molar-refractivity contribution in [2.24, 2.45) is 0 Å². The maximum atomic E-state index is 13.4. The van der Waals surface area contributed by atoms with Crippen LogP contribution < -0.4 is 0 Å². The zero-order chi connectivity index (χ0) is 19.5. The highest BCUT2D eigenvalue weighted by atomic mass is 16.4. The maximum Gasteiger partial charge on any atom is 0.312 e. The molecular formula is C20H19N7O2. The molecule has 1 saturated carbocycles. The number of amides is 1. The van der Waals surface area contributed by atoms with Crippen LogP contribution in [0.3, 0.4) is 0 Å². The number of aromatic amines is 1. The molecule has 2 aliphatic rings. The minimum Gasteiger partial charge on any atom is -0.417 e. The van der Waals surface area contributed by atoms with Gasteiger partial charge in [0.15, 0.2) is 0 Å². The Balaban J connectivity index is 1.46. The summed E-state index contributed by atoms with van der Waals surface area (Å²) in [6.07, 6.45) is 6.35. The second-order valence-corrected chi connectivity index (χ2v) is 7.68. The molecule has 0 radical (unpaired) electrons.